The highest BCUT2D eigenvalue weighted by Gasteiger charge is 2.28. The molecule has 1 aromatic carbocycles. The van der Waals surface area contributed by atoms with Crippen LogP contribution in [0.25, 0.3) is 0 Å². The highest BCUT2D eigenvalue weighted by Crippen LogP contribution is 2.40. The van der Waals surface area contributed by atoms with Crippen molar-refractivity contribution in [2.24, 2.45) is 0 Å². The smallest absolute Gasteiger partial charge is 0.256 e. The Balaban J connectivity index is 1.45. The summed E-state index contributed by atoms with van der Waals surface area (Å²) in [6.45, 7) is 3.89. The number of amides is 2. The Labute approximate surface area is 220 Å². The number of rotatable bonds is 11. The van der Waals surface area contributed by atoms with E-state index >= 15 is 0 Å². The number of nitrogens with one attached hydrogen (secondary N) is 2. The van der Waals surface area contributed by atoms with Crippen molar-refractivity contribution in [2.45, 2.75) is 70.8 Å². The molecule has 35 heavy (non-hydrogen) atoms. The van der Waals surface area contributed by atoms with Gasteiger partial charge in [-0.3, -0.25) is 9.59 Å². The number of hydrogen-bond acceptors (Lipinski definition) is 5. The number of fused-ring (bicyclic) bond motifs is 1. The Morgan fingerprint density at radius 3 is 2.63 bits per heavy atom. The molecule has 0 radical (unpaired) electrons. The Hall–Kier alpha value is -1.80. The minimum Gasteiger partial charge on any atom is -0.490 e. The van der Waals surface area contributed by atoms with Crippen molar-refractivity contribution in [2.75, 3.05) is 25.1 Å². The number of benzene rings is 1. The van der Waals surface area contributed by atoms with Gasteiger partial charge in [0.25, 0.3) is 11.8 Å². The van der Waals surface area contributed by atoms with E-state index in [2.05, 4.69) is 17.6 Å². The molecule has 2 aromatic rings. The molecule has 1 aliphatic heterocycles. The van der Waals surface area contributed by atoms with Gasteiger partial charge in [-0.1, -0.05) is 49.4 Å². The average molecular weight is 540 g/mol. The van der Waals surface area contributed by atoms with Crippen LogP contribution in [0.3, 0.4) is 0 Å². The summed E-state index contributed by atoms with van der Waals surface area (Å²) in [5, 5.41) is 7.08. The second-order valence-electron chi connectivity index (χ2n) is 9.04. The number of unbranched alkanes of at least 4 members (excludes halogenated alkanes) is 3. The Morgan fingerprint density at radius 1 is 1.11 bits per heavy atom. The van der Waals surface area contributed by atoms with Crippen molar-refractivity contribution in [3.8, 4) is 5.75 Å². The summed E-state index contributed by atoms with van der Waals surface area (Å²) in [6, 6.07) is 3.12. The van der Waals surface area contributed by atoms with E-state index in [0.29, 0.717) is 45.1 Å². The van der Waals surface area contributed by atoms with Gasteiger partial charge >= 0.3 is 0 Å². The molecular formula is C26H32Cl2N2O4S. The molecule has 1 aromatic heterocycles. The molecule has 2 heterocycles. The van der Waals surface area contributed by atoms with Gasteiger partial charge in [0, 0.05) is 23.6 Å². The largest absolute Gasteiger partial charge is 0.490 e. The van der Waals surface area contributed by atoms with E-state index in [-0.39, 0.29) is 17.9 Å². The van der Waals surface area contributed by atoms with Crippen molar-refractivity contribution in [1.82, 2.24) is 5.32 Å². The Morgan fingerprint density at radius 2 is 1.91 bits per heavy atom. The maximum Gasteiger partial charge on any atom is 0.256 e. The molecule has 2 amide bonds. The normalized spacial score (nSPS) is 16.8. The molecule has 9 heteroatoms. The molecule has 1 aliphatic carbocycles. The molecule has 190 valence electrons. The number of ether oxygens (including phenoxy) is 2. The first-order chi connectivity index (χ1) is 17.0. The zero-order valence-corrected chi connectivity index (χ0v) is 22.3. The van der Waals surface area contributed by atoms with E-state index in [9.17, 15) is 9.59 Å². The van der Waals surface area contributed by atoms with E-state index in [1.807, 2.05) is 0 Å². The standard InChI is InChI=1S/C26H32Cl2N2O4S/c1-2-3-4-5-11-34-23-19(27)13-16(14-20(23)28)24(31)30-26-22(18-9-6-10-21(18)35-26)25(32)29-15-17-8-7-12-33-17/h13-14,17H,2-12,15H2,1H3,(H,29,32)(H,30,31). The van der Waals surface area contributed by atoms with E-state index in [4.69, 9.17) is 32.7 Å². The van der Waals surface area contributed by atoms with Crippen molar-refractivity contribution in [1.29, 1.82) is 0 Å². The van der Waals surface area contributed by atoms with Gasteiger partial charge in [0.2, 0.25) is 0 Å². The van der Waals surface area contributed by atoms with E-state index in [0.717, 1.165) is 74.8 Å². The van der Waals surface area contributed by atoms with Crippen LogP contribution in [0, 0.1) is 0 Å². The minimum absolute atomic E-state index is 0.0559. The third kappa shape index (κ3) is 6.50. The number of hydrogen-bond donors (Lipinski definition) is 2. The van der Waals surface area contributed by atoms with E-state index in [1.165, 1.54) is 11.3 Å². The molecule has 1 atom stereocenters. The minimum atomic E-state index is -0.364. The molecule has 2 aliphatic rings. The molecule has 6 nitrogen and oxygen atoms in total. The molecule has 1 saturated heterocycles. The van der Waals surface area contributed by atoms with Crippen molar-refractivity contribution < 1.29 is 19.1 Å². The number of halogens is 2. The first kappa shape index (κ1) is 26.3. The zero-order chi connectivity index (χ0) is 24.8. The lowest BCUT2D eigenvalue weighted by molar-refractivity contribution is 0.0858. The van der Waals surface area contributed by atoms with E-state index in [1.54, 1.807) is 12.1 Å². The summed E-state index contributed by atoms with van der Waals surface area (Å²) in [5.41, 5.74) is 1.92. The zero-order valence-electron chi connectivity index (χ0n) is 20.0. The maximum atomic E-state index is 13.1. The first-order valence-electron chi connectivity index (χ1n) is 12.5. The van der Waals surface area contributed by atoms with Crippen LogP contribution in [0.5, 0.6) is 5.75 Å². The SMILES string of the molecule is CCCCCCOc1c(Cl)cc(C(=O)Nc2sc3c(c2C(=O)NCC2CCCO2)CCC3)cc1Cl. The summed E-state index contributed by atoms with van der Waals surface area (Å²) in [6.07, 6.45) is 9.11. The summed E-state index contributed by atoms with van der Waals surface area (Å²) in [7, 11) is 0. The monoisotopic (exact) mass is 538 g/mol. The van der Waals surface area contributed by atoms with Gasteiger partial charge in [-0.2, -0.15) is 0 Å². The lowest BCUT2D eigenvalue weighted by atomic mass is 10.1. The van der Waals surface area contributed by atoms with Crippen LogP contribution in [0.2, 0.25) is 10.0 Å². The van der Waals surface area contributed by atoms with Crippen LogP contribution in [0.1, 0.15) is 83.0 Å². The van der Waals surface area contributed by atoms with Crippen LogP contribution in [-0.2, 0) is 17.6 Å². The number of anilines is 1. The predicted octanol–water partition coefficient (Wildman–Crippen LogP) is 6.66. The lowest BCUT2D eigenvalue weighted by Crippen LogP contribution is -2.32. The number of thiophene rings is 1. The molecule has 4 rings (SSSR count). The summed E-state index contributed by atoms with van der Waals surface area (Å²) < 4.78 is 11.4. The number of aryl methyl sites for hydroxylation is 1. The third-order valence-corrected chi connectivity index (χ3v) is 8.16. The second-order valence-corrected chi connectivity index (χ2v) is 11.0. The van der Waals surface area contributed by atoms with Crippen LogP contribution >= 0.6 is 34.5 Å². The third-order valence-electron chi connectivity index (χ3n) is 6.39. The topological polar surface area (TPSA) is 76.7 Å². The number of carbonyl (C=O) groups is 2. The Bertz CT molecular complexity index is 1040. The molecule has 0 saturated carbocycles. The van der Waals surface area contributed by atoms with E-state index < -0.39 is 0 Å². The Kier molecular flexibility index (Phi) is 9.34. The second kappa shape index (κ2) is 12.4. The van der Waals surface area contributed by atoms with Crippen molar-refractivity contribution in [3.63, 3.8) is 0 Å². The van der Waals surface area contributed by atoms with Crippen LogP contribution in [0.15, 0.2) is 12.1 Å². The maximum absolute atomic E-state index is 13.1. The lowest BCUT2D eigenvalue weighted by Gasteiger charge is -2.14. The average Bonchev–Trinajstić information content (AvgIpc) is 3.56. The van der Waals surface area contributed by atoms with Gasteiger partial charge in [0.05, 0.1) is 28.3 Å². The van der Waals surface area contributed by atoms with Gasteiger partial charge in [0.15, 0.2) is 5.75 Å². The highest BCUT2D eigenvalue weighted by molar-refractivity contribution is 7.17. The fourth-order valence-electron chi connectivity index (χ4n) is 4.54. The van der Waals surface area contributed by atoms with Gasteiger partial charge in [-0.15, -0.1) is 11.3 Å². The fourth-order valence-corrected chi connectivity index (χ4v) is 6.42. The van der Waals surface area contributed by atoms with Crippen LogP contribution in [0.4, 0.5) is 5.00 Å². The van der Waals surface area contributed by atoms with Gasteiger partial charge in [-0.05, 0) is 56.2 Å². The van der Waals surface area contributed by atoms with Crippen LogP contribution in [-0.4, -0.2) is 37.7 Å². The molecule has 1 fully saturated rings. The fraction of sp³-hybridized carbons (Fsp3) is 0.538. The molecule has 2 N–H and O–H groups in total. The number of carbonyl (C=O) groups excluding carboxylic acids is 2. The van der Waals surface area contributed by atoms with Gasteiger partial charge < -0.3 is 20.1 Å². The molecule has 0 bridgehead atoms. The quantitative estimate of drug-likeness (QED) is 0.313. The van der Waals surface area contributed by atoms with Crippen molar-refractivity contribution >= 4 is 51.4 Å². The molecular weight excluding hydrogens is 507 g/mol. The summed E-state index contributed by atoms with van der Waals surface area (Å²) >= 11 is 14.3. The van der Waals surface area contributed by atoms with Gasteiger partial charge in [-0.25, -0.2) is 0 Å². The van der Waals surface area contributed by atoms with Crippen LogP contribution < -0.4 is 15.4 Å². The highest BCUT2D eigenvalue weighted by atomic mass is 35.5. The summed E-state index contributed by atoms with van der Waals surface area (Å²) in [4.78, 5) is 27.4. The van der Waals surface area contributed by atoms with Crippen molar-refractivity contribution in [3.05, 3.63) is 43.7 Å². The predicted molar refractivity (Wildman–Crippen MR) is 142 cm³/mol. The van der Waals surface area contributed by atoms with Gasteiger partial charge in [0.1, 0.15) is 5.00 Å². The molecule has 0 spiro atoms. The molecule has 1 unspecified atom stereocenters. The summed E-state index contributed by atoms with van der Waals surface area (Å²) in [5.74, 6) is -0.139. The first-order valence-corrected chi connectivity index (χ1v) is 14.0.